The Balaban J connectivity index is 2.04. The van der Waals surface area contributed by atoms with Crippen LogP contribution in [0.5, 0.6) is 0 Å². The summed E-state index contributed by atoms with van der Waals surface area (Å²) in [5, 5.41) is 5.45. The lowest BCUT2D eigenvalue weighted by Gasteiger charge is -2.16. The Labute approximate surface area is 136 Å². The van der Waals surface area contributed by atoms with Crippen molar-refractivity contribution in [3.05, 3.63) is 29.3 Å². The molecular formula is C17H23N3O3. The molecule has 1 atom stereocenters. The molecule has 0 fully saturated rings. The van der Waals surface area contributed by atoms with Crippen LogP contribution in [-0.4, -0.2) is 36.9 Å². The summed E-state index contributed by atoms with van der Waals surface area (Å²) in [6, 6.07) is 4.69. The van der Waals surface area contributed by atoms with Gasteiger partial charge in [0.2, 0.25) is 11.8 Å². The zero-order valence-electron chi connectivity index (χ0n) is 13.8. The Hall–Kier alpha value is -2.37. The summed E-state index contributed by atoms with van der Waals surface area (Å²) < 4.78 is 0. The first kappa shape index (κ1) is 17.0. The van der Waals surface area contributed by atoms with Crippen LogP contribution in [0.2, 0.25) is 0 Å². The van der Waals surface area contributed by atoms with Gasteiger partial charge in [-0.2, -0.15) is 0 Å². The van der Waals surface area contributed by atoms with Crippen molar-refractivity contribution < 1.29 is 14.4 Å². The van der Waals surface area contributed by atoms with Crippen LogP contribution in [0.1, 0.15) is 43.1 Å². The van der Waals surface area contributed by atoms with Gasteiger partial charge in [0, 0.05) is 31.3 Å². The maximum atomic E-state index is 12.3. The number of carbonyl (C=O) groups is 3. The number of anilines is 1. The fourth-order valence-corrected chi connectivity index (χ4v) is 2.62. The molecule has 3 amide bonds. The number of amides is 3. The van der Waals surface area contributed by atoms with Crippen LogP contribution in [0.3, 0.4) is 0 Å². The number of rotatable bonds is 5. The van der Waals surface area contributed by atoms with E-state index in [2.05, 4.69) is 10.6 Å². The molecule has 1 aromatic rings. The minimum absolute atomic E-state index is 0.00201. The van der Waals surface area contributed by atoms with E-state index in [-0.39, 0.29) is 17.7 Å². The zero-order chi connectivity index (χ0) is 17.0. The minimum atomic E-state index is -0.587. The number of fused-ring (bicyclic) bond motifs is 1. The third-order valence-corrected chi connectivity index (χ3v) is 3.91. The fraction of sp³-hybridized carbons (Fsp3) is 0.471. The van der Waals surface area contributed by atoms with Gasteiger partial charge in [0.15, 0.2) is 0 Å². The van der Waals surface area contributed by atoms with Gasteiger partial charge < -0.3 is 15.5 Å². The number of benzene rings is 1. The van der Waals surface area contributed by atoms with Crippen molar-refractivity contribution in [2.24, 2.45) is 0 Å². The molecule has 0 saturated heterocycles. The van der Waals surface area contributed by atoms with E-state index < -0.39 is 6.04 Å². The Morgan fingerprint density at radius 2 is 2.04 bits per heavy atom. The molecule has 23 heavy (non-hydrogen) atoms. The molecule has 0 bridgehead atoms. The predicted octanol–water partition coefficient (Wildman–Crippen LogP) is 1.24. The number of carbonyl (C=O) groups excluding carboxylic acids is 3. The summed E-state index contributed by atoms with van der Waals surface area (Å²) in [6.07, 6.45) is 1.59. The maximum Gasteiger partial charge on any atom is 0.251 e. The Morgan fingerprint density at radius 3 is 2.70 bits per heavy atom. The average Bonchev–Trinajstić information content (AvgIpc) is 2.95. The molecule has 2 N–H and O–H groups in total. The fourth-order valence-electron chi connectivity index (χ4n) is 2.62. The van der Waals surface area contributed by atoms with E-state index >= 15 is 0 Å². The third-order valence-electron chi connectivity index (χ3n) is 3.91. The van der Waals surface area contributed by atoms with E-state index in [1.54, 1.807) is 30.0 Å². The number of hydrogen-bond acceptors (Lipinski definition) is 3. The molecule has 0 spiro atoms. The first-order valence-corrected chi connectivity index (χ1v) is 7.93. The summed E-state index contributed by atoms with van der Waals surface area (Å²) in [7, 11) is 0. The zero-order valence-corrected chi connectivity index (χ0v) is 13.8. The SMILES string of the molecule is CCCNC(=O)C(C)NC(=O)c1ccc2c(c1)CCN2C(C)=O. The van der Waals surface area contributed by atoms with Gasteiger partial charge in [-0.05, 0) is 43.5 Å². The van der Waals surface area contributed by atoms with E-state index in [0.29, 0.717) is 18.7 Å². The second kappa shape index (κ2) is 7.26. The highest BCUT2D eigenvalue weighted by molar-refractivity contribution is 5.99. The Kier molecular flexibility index (Phi) is 5.36. The summed E-state index contributed by atoms with van der Waals surface area (Å²) in [4.78, 5) is 37.3. The molecule has 2 rings (SSSR count). The van der Waals surface area contributed by atoms with Gasteiger partial charge in [-0.25, -0.2) is 0 Å². The average molecular weight is 317 g/mol. The van der Waals surface area contributed by atoms with Crippen LogP contribution in [0, 0.1) is 0 Å². The van der Waals surface area contributed by atoms with E-state index in [9.17, 15) is 14.4 Å². The Bertz CT molecular complexity index is 628. The summed E-state index contributed by atoms with van der Waals surface area (Å²) >= 11 is 0. The van der Waals surface area contributed by atoms with Gasteiger partial charge in [-0.1, -0.05) is 6.92 Å². The Morgan fingerprint density at radius 1 is 1.30 bits per heavy atom. The van der Waals surface area contributed by atoms with Crippen LogP contribution in [-0.2, 0) is 16.0 Å². The van der Waals surface area contributed by atoms with E-state index in [1.165, 1.54) is 6.92 Å². The van der Waals surface area contributed by atoms with Crippen LogP contribution in [0.4, 0.5) is 5.69 Å². The minimum Gasteiger partial charge on any atom is -0.354 e. The van der Waals surface area contributed by atoms with Gasteiger partial charge in [0.05, 0.1) is 0 Å². The van der Waals surface area contributed by atoms with E-state index in [1.807, 2.05) is 6.92 Å². The predicted molar refractivity (Wildman–Crippen MR) is 88.4 cm³/mol. The highest BCUT2D eigenvalue weighted by atomic mass is 16.2. The lowest BCUT2D eigenvalue weighted by atomic mass is 10.1. The van der Waals surface area contributed by atoms with Crippen LogP contribution in [0.25, 0.3) is 0 Å². The molecule has 1 heterocycles. The standard InChI is InChI=1S/C17H23N3O3/c1-4-8-18-16(22)11(2)19-17(23)14-5-6-15-13(10-14)7-9-20(15)12(3)21/h5-6,10-11H,4,7-9H2,1-3H3,(H,18,22)(H,19,23). The van der Waals surface area contributed by atoms with Gasteiger partial charge >= 0.3 is 0 Å². The number of nitrogens with one attached hydrogen (secondary N) is 2. The van der Waals surface area contributed by atoms with Gasteiger partial charge in [0.25, 0.3) is 5.91 Å². The number of hydrogen-bond donors (Lipinski definition) is 2. The van der Waals surface area contributed by atoms with Crippen molar-refractivity contribution in [2.45, 2.75) is 39.7 Å². The molecule has 1 aliphatic rings. The van der Waals surface area contributed by atoms with Gasteiger partial charge in [-0.3, -0.25) is 14.4 Å². The van der Waals surface area contributed by atoms with Crippen molar-refractivity contribution in [1.82, 2.24) is 10.6 Å². The molecule has 0 aromatic heterocycles. The summed E-state index contributed by atoms with van der Waals surface area (Å²) in [5.41, 5.74) is 2.35. The van der Waals surface area contributed by atoms with Crippen LogP contribution >= 0.6 is 0 Å². The van der Waals surface area contributed by atoms with Crippen molar-refractivity contribution in [3.8, 4) is 0 Å². The normalized spacial score (nSPS) is 14.1. The van der Waals surface area contributed by atoms with E-state index in [4.69, 9.17) is 0 Å². The molecule has 6 nitrogen and oxygen atoms in total. The molecule has 1 aliphatic heterocycles. The van der Waals surface area contributed by atoms with E-state index in [0.717, 1.165) is 24.1 Å². The molecule has 1 aromatic carbocycles. The third kappa shape index (κ3) is 3.88. The summed E-state index contributed by atoms with van der Waals surface area (Å²) in [5.74, 6) is -0.473. The van der Waals surface area contributed by atoms with Gasteiger partial charge in [-0.15, -0.1) is 0 Å². The second-order valence-electron chi connectivity index (χ2n) is 5.75. The second-order valence-corrected chi connectivity index (χ2v) is 5.75. The molecule has 0 radical (unpaired) electrons. The largest absolute Gasteiger partial charge is 0.354 e. The lowest BCUT2D eigenvalue weighted by Crippen LogP contribution is -2.45. The highest BCUT2D eigenvalue weighted by Crippen LogP contribution is 2.28. The van der Waals surface area contributed by atoms with Crippen LogP contribution < -0.4 is 15.5 Å². The topological polar surface area (TPSA) is 78.5 Å². The molecule has 0 saturated carbocycles. The lowest BCUT2D eigenvalue weighted by molar-refractivity contribution is -0.122. The van der Waals surface area contributed by atoms with Crippen molar-refractivity contribution in [2.75, 3.05) is 18.0 Å². The highest BCUT2D eigenvalue weighted by Gasteiger charge is 2.24. The summed E-state index contributed by atoms with van der Waals surface area (Å²) in [6.45, 7) is 6.41. The quantitative estimate of drug-likeness (QED) is 0.857. The van der Waals surface area contributed by atoms with Gasteiger partial charge in [0.1, 0.15) is 6.04 Å². The molecule has 0 aliphatic carbocycles. The maximum absolute atomic E-state index is 12.3. The number of nitrogens with zero attached hydrogens (tertiary/aromatic N) is 1. The van der Waals surface area contributed by atoms with Crippen LogP contribution in [0.15, 0.2) is 18.2 Å². The monoisotopic (exact) mass is 317 g/mol. The molecule has 124 valence electrons. The smallest absolute Gasteiger partial charge is 0.251 e. The molecule has 6 heteroatoms. The molecule has 1 unspecified atom stereocenters. The van der Waals surface area contributed by atoms with Crippen molar-refractivity contribution in [3.63, 3.8) is 0 Å². The first-order valence-electron chi connectivity index (χ1n) is 7.93. The van der Waals surface area contributed by atoms with Crippen molar-refractivity contribution >= 4 is 23.4 Å². The first-order chi connectivity index (χ1) is 10.9. The van der Waals surface area contributed by atoms with Crippen molar-refractivity contribution in [1.29, 1.82) is 0 Å². The molecular weight excluding hydrogens is 294 g/mol.